The summed E-state index contributed by atoms with van der Waals surface area (Å²) in [5.74, 6) is 0.456. The molecule has 4 aromatic rings. The molecule has 0 bridgehead atoms. The predicted molar refractivity (Wildman–Crippen MR) is 115 cm³/mol. The zero-order valence-corrected chi connectivity index (χ0v) is 15.9. The third kappa shape index (κ3) is 3.80. The molecule has 1 N–H and O–H groups in total. The monoisotopic (exact) mass is 388 g/mol. The Morgan fingerprint density at radius 2 is 1.79 bits per heavy atom. The molecule has 0 aliphatic heterocycles. The first-order valence-electron chi connectivity index (χ1n) is 8.75. The molecule has 2 aromatic heterocycles. The Morgan fingerprint density at radius 1 is 1.04 bits per heavy atom. The smallest absolute Gasteiger partial charge is 0.268 e. The fourth-order valence-corrected chi connectivity index (χ4v) is 2.88. The summed E-state index contributed by atoms with van der Waals surface area (Å²) in [5.41, 5.74) is 3.44. The average molecular weight is 389 g/mol. The van der Waals surface area contributed by atoms with Crippen LogP contribution in [0.3, 0.4) is 0 Å². The van der Waals surface area contributed by atoms with E-state index in [9.17, 15) is 4.79 Å². The van der Waals surface area contributed by atoms with Gasteiger partial charge in [-0.3, -0.25) is 14.2 Å². The van der Waals surface area contributed by atoms with Crippen molar-refractivity contribution < 1.29 is 0 Å². The van der Waals surface area contributed by atoms with Crippen LogP contribution < -0.4 is 10.9 Å². The number of aryl methyl sites for hydroxylation is 1. The molecule has 2 heterocycles. The molecule has 2 aromatic carbocycles. The lowest BCUT2D eigenvalue weighted by Gasteiger charge is -2.10. The summed E-state index contributed by atoms with van der Waals surface area (Å²) in [6.45, 7) is 2.02. The Bertz CT molecular complexity index is 1210. The third-order valence-corrected chi connectivity index (χ3v) is 4.50. The van der Waals surface area contributed by atoms with Gasteiger partial charge < -0.3 is 5.32 Å². The number of pyridine rings is 1. The number of rotatable bonds is 4. The number of benzene rings is 2. The first kappa shape index (κ1) is 17.9. The summed E-state index contributed by atoms with van der Waals surface area (Å²) in [5, 5.41) is 3.87. The summed E-state index contributed by atoms with van der Waals surface area (Å²) < 4.78 is 1.50. The number of aromatic nitrogens is 2. The highest BCUT2D eigenvalue weighted by molar-refractivity contribution is 6.30. The molecule has 28 heavy (non-hydrogen) atoms. The van der Waals surface area contributed by atoms with Crippen molar-refractivity contribution in [1.29, 1.82) is 0 Å². The van der Waals surface area contributed by atoms with Crippen LogP contribution >= 0.6 is 11.6 Å². The SMILES string of the molecule is Cc1ccc(Nc2nc3ccccn3c(=O)c2C=Nc2ccc(Cl)cc2)cc1. The molecule has 0 amide bonds. The van der Waals surface area contributed by atoms with Crippen molar-refractivity contribution in [3.63, 3.8) is 0 Å². The Morgan fingerprint density at radius 3 is 2.54 bits per heavy atom. The van der Waals surface area contributed by atoms with E-state index in [4.69, 9.17) is 11.6 Å². The second-order valence-electron chi connectivity index (χ2n) is 6.33. The van der Waals surface area contributed by atoms with Gasteiger partial charge in [-0.05, 0) is 55.5 Å². The highest BCUT2D eigenvalue weighted by atomic mass is 35.5. The maximum atomic E-state index is 13.0. The van der Waals surface area contributed by atoms with E-state index in [1.165, 1.54) is 10.6 Å². The van der Waals surface area contributed by atoms with E-state index in [2.05, 4.69) is 15.3 Å². The second-order valence-corrected chi connectivity index (χ2v) is 6.77. The van der Waals surface area contributed by atoms with Gasteiger partial charge in [0, 0.05) is 23.1 Å². The molecule has 0 aliphatic carbocycles. The van der Waals surface area contributed by atoms with Crippen LogP contribution in [-0.4, -0.2) is 15.6 Å². The lowest BCUT2D eigenvalue weighted by molar-refractivity contribution is 1.04. The quantitative estimate of drug-likeness (QED) is 0.492. The molecular formula is C22H17ClN4O. The van der Waals surface area contributed by atoms with Gasteiger partial charge in [0.2, 0.25) is 0 Å². The topological polar surface area (TPSA) is 58.8 Å². The van der Waals surface area contributed by atoms with E-state index in [-0.39, 0.29) is 5.56 Å². The van der Waals surface area contributed by atoms with Crippen molar-refractivity contribution in [2.75, 3.05) is 5.32 Å². The van der Waals surface area contributed by atoms with Gasteiger partial charge in [-0.2, -0.15) is 0 Å². The summed E-state index contributed by atoms with van der Waals surface area (Å²) >= 11 is 5.92. The number of aliphatic imine (C=N–C) groups is 1. The highest BCUT2D eigenvalue weighted by Crippen LogP contribution is 2.19. The van der Waals surface area contributed by atoms with Gasteiger partial charge in [-0.15, -0.1) is 0 Å². The molecule has 0 radical (unpaired) electrons. The maximum absolute atomic E-state index is 13.0. The number of nitrogens with zero attached hydrogens (tertiary/aromatic N) is 3. The average Bonchev–Trinajstić information content (AvgIpc) is 2.71. The van der Waals surface area contributed by atoms with E-state index in [0.717, 1.165) is 11.3 Å². The summed E-state index contributed by atoms with van der Waals surface area (Å²) in [6.07, 6.45) is 3.23. The van der Waals surface area contributed by atoms with Gasteiger partial charge in [-0.1, -0.05) is 35.4 Å². The van der Waals surface area contributed by atoms with Crippen LogP contribution in [0.25, 0.3) is 5.65 Å². The minimum Gasteiger partial charge on any atom is -0.339 e. The Balaban J connectivity index is 1.81. The van der Waals surface area contributed by atoms with Gasteiger partial charge in [0.15, 0.2) is 0 Å². The van der Waals surface area contributed by atoms with Crippen molar-refractivity contribution in [2.45, 2.75) is 6.92 Å². The number of halogens is 1. The van der Waals surface area contributed by atoms with Crippen molar-refractivity contribution >= 4 is 40.7 Å². The second kappa shape index (κ2) is 7.66. The van der Waals surface area contributed by atoms with Crippen molar-refractivity contribution in [3.8, 4) is 0 Å². The van der Waals surface area contributed by atoms with Crippen molar-refractivity contribution in [3.05, 3.63) is 99.4 Å². The van der Waals surface area contributed by atoms with Crippen molar-refractivity contribution in [1.82, 2.24) is 9.38 Å². The van der Waals surface area contributed by atoms with E-state index < -0.39 is 0 Å². The van der Waals surface area contributed by atoms with Crippen LogP contribution in [0.5, 0.6) is 0 Å². The van der Waals surface area contributed by atoms with Crippen LogP contribution in [-0.2, 0) is 0 Å². The minimum atomic E-state index is -0.196. The van der Waals surface area contributed by atoms with E-state index >= 15 is 0 Å². The molecule has 0 aliphatic rings. The van der Waals surface area contributed by atoms with E-state index in [1.807, 2.05) is 37.3 Å². The van der Waals surface area contributed by atoms with Gasteiger partial charge in [0.25, 0.3) is 5.56 Å². The molecule has 5 nitrogen and oxygen atoms in total. The first-order chi connectivity index (χ1) is 13.6. The normalized spacial score (nSPS) is 11.2. The number of nitrogens with one attached hydrogen (secondary N) is 1. The predicted octanol–water partition coefficient (Wildman–Crippen LogP) is 5.15. The summed E-state index contributed by atoms with van der Waals surface area (Å²) in [7, 11) is 0. The van der Waals surface area contributed by atoms with Gasteiger partial charge in [0.1, 0.15) is 17.0 Å². The van der Waals surface area contributed by atoms with Crippen LogP contribution in [0.2, 0.25) is 5.02 Å². The van der Waals surface area contributed by atoms with Crippen LogP contribution in [0.4, 0.5) is 17.2 Å². The Hall–Kier alpha value is -3.44. The number of hydrogen-bond acceptors (Lipinski definition) is 4. The Kier molecular flexibility index (Phi) is 4.91. The zero-order chi connectivity index (χ0) is 19.5. The van der Waals surface area contributed by atoms with E-state index in [0.29, 0.717) is 27.7 Å². The van der Waals surface area contributed by atoms with Gasteiger partial charge in [0.05, 0.1) is 5.69 Å². The number of hydrogen-bond donors (Lipinski definition) is 1. The minimum absolute atomic E-state index is 0.196. The highest BCUT2D eigenvalue weighted by Gasteiger charge is 2.11. The van der Waals surface area contributed by atoms with Gasteiger partial charge >= 0.3 is 0 Å². The zero-order valence-electron chi connectivity index (χ0n) is 15.1. The lowest BCUT2D eigenvalue weighted by Crippen LogP contribution is -2.21. The van der Waals surface area contributed by atoms with Crippen LogP contribution in [0, 0.1) is 6.92 Å². The maximum Gasteiger partial charge on any atom is 0.268 e. The number of anilines is 2. The molecule has 4 rings (SSSR count). The summed E-state index contributed by atoms with van der Waals surface area (Å²) in [6, 6.07) is 20.4. The van der Waals surface area contributed by atoms with Crippen molar-refractivity contribution in [2.24, 2.45) is 4.99 Å². The number of fused-ring (bicyclic) bond motifs is 1. The van der Waals surface area contributed by atoms with Gasteiger partial charge in [-0.25, -0.2) is 4.98 Å². The fraction of sp³-hybridized carbons (Fsp3) is 0.0455. The molecule has 0 spiro atoms. The first-order valence-corrected chi connectivity index (χ1v) is 9.13. The molecule has 6 heteroatoms. The third-order valence-electron chi connectivity index (χ3n) is 4.25. The Labute approximate surface area is 167 Å². The van der Waals surface area contributed by atoms with E-state index in [1.54, 1.807) is 42.6 Å². The standard InChI is InChI=1S/C22H17ClN4O/c1-15-5-9-18(10-6-15)25-21-19(14-24-17-11-7-16(23)8-12-17)22(28)27-13-3-2-4-20(27)26-21/h2-14,25H,1H3. The molecule has 0 fully saturated rings. The van der Waals surface area contributed by atoms with Crippen LogP contribution in [0.1, 0.15) is 11.1 Å². The molecule has 0 saturated carbocycles. The molecular weight excluding hydrogens is 372 g/mol. The van der Waals surface area contributed by atoms with Crippen LogP contribution in [0.15, 0.2) is 82.7 Å². The molecule has 0 saturated heterocycles. The molecule has 138 valence electrons. The fourth-order valence-electron chi connectivity index (χ4n) is 2.75. The molecule has 0 atom stereocenters. The molecule has 0 unspecified atom stereocenters. The largest absolute Gasteiger partial charge is 0.339 e. The lowest BCUT2D eigenvalue weighted by atomic mass is 10.2. The summed E-state index contributed by atoms with van der Waals surface area (Å²) in [4.78, 5) is 22.1.